The average Bonchev–Trinajstić information content (AvgIpc) is 2.58. The number of hydrogen-bond acceptors (Lipinski definition) is 6. The van der Waals surface area contributed by atoms with Crippen molar-refractivity contribution in [3.05, 3.63) is 17.7 Å². The summed E-state index contributed by atoms with van der Waals surface area (Å²) in [4.78, 5) is 34.4. The van der Waals surface area contributed by atoms with E-state index in [-0.39, 0.29) is 22.8 Å². The van der Waals surface area contributed by atoms with Crippen LogP contribution in [0.2, 0.25) is 0 Å². The van der Waals surface area contributed by atoms with Crippen molar-refractivity contribution < 1.29 is 33.7 Å². The zero-order valence-corrected chi connectivity index (χ0v) is 14.3. The second kappa shape index (κ2) is 9.36. The number of nitrogens with one attached hydrogen (secondary N) is 1. The number of primary amides is 1. The molecule has 0 heterocycles. The van der Waals surface area contributed by atoms with Gasteiger partial charge in [-0.2, -0.15) is 0 Å². The van der Waals surface area contributed by atoms with E-state index in [1.807, 2.05) is 6.92 Å². The van der Waals surface area contributed by atoms with Crippen LogP contribution in [0.25, 0.3) is 0 Å². The third-order valence-electron chi connectivity index (χ3n) is 3.26. The molecule has 0 saturated carbocycles. The molecule has 0 fully saturated rings. The van der Waals surface area contributed by atoms with Crippen LogP contribution >= 0.6 is 0 Å². The topological polar surface area (TPSA) is 137 Å². The van der Waals surface area contributed by atoms with Gasteiger partial charge in [-0.15, -0.1) is 0 Å². The van der Waals surface area contributed by atoms with Gasteiger partial charge in [-0.25, -0.2) is 4.79 Å². The van der Waals surface area contributed by atoms with Gasteiger partial charge in [0.1, 0.15) is 6.04 Å². The Morgan fingerprint density at radius 3 is 2.16 bits per heavy atom. The molecule has 25 heavy (non-hydrogen) atoms. The van der Waals surface area contributed by atoms with E-state index in [1.54, 1.807) is 0 Å². The summed E-state index contributed by atoms with van der Waals surface area (Å²) in [6.07, 6.45) is 0.902. The van der Waals surface area contributed by atoms with Gasteiger partial charge in [-0.3, -0.25) is 9.59 Å². The molecule has 1 aromatic rings. The average molecular weight is 354 g/mol. The molecule has 1 atom stereocenters. The maximum absolute atomic E-state index is 12.3. The van der Waals surface area contributed by atoms with Crippen molar-refractivity contribution in [1.29, 1.82) is 0 Å². The molecule has 0 radical (unpaired) electrons. The summed E-state index contributed by atoms with van der Waals surface area (Å²) >= 11 is 0. The number of carbonyl (C=O) groups excluding carboxylic acids is 2. The standard InChI is InChI=1S/C16H22N2O7/c1-4-5-10(16(21)22)18-15(20)9-6-11(23-2)14(12(7-9)24-3)25-8-13(17)19/h6-7,10H,4-5,8H2,1-3H3,(H2,17,19)(H,18,20)(H,21,22). The molecule has 1 unspecified atom stereocenters. The third-order valence-corrected chi connectivity index (χ3v) is 3.26. The molecule has 4 N–H and O–H groups in total. The third kappa shape index (κ3) is 5.55. The smallest absolute Gasteiger partial charge is 0.326 e. The number of amides is 2. The lowest BCUT2D eigenvalue weighted by molar-refractivity contribution is -0.139. The maximum Gasteiger partial charge on any atom is 0.326 e. The first-order chi connectivity index (χ1) is 11.8. The first kappa shape index (κ1) is 20.1. The van der Waals surface area contributed by atoms with Crippen molar-refractivity contribution in [2.75, 3.05) is 20.8 Å². The number of carboxylic acids is 1. The van der Waals surface area contributed by atoms with E-state index in [4.69, 9.17) is 25.1 Å². The zero-order chi connectivity index (χ0) is 19.0. The lowest BCUT2D eigenvalue weighted by Crippen LogP contribution is -2.40. The van der Waals surface area contributed by atoms with Crippen LogP contribution in [-0.2, 0) is 9.59 Å². The Balaban J connectivity index is 3.13. The van der Waals surface area contributed by atoms with Gasteiger partial charge >= 0.3 is 5.97 Å². The summed E-state index contributed by atoms with van der Waals surface area (Å²) in [5.41, 5.74) is 5.18. The first-order valence-electron chi connectivity index (χ1n) is 7.54. The van der Waals surface area contributed by atoms with Crippen molar-refractivity contribution >= 4 is 17.8 Å². The first-order valence-corrected chi connectivity index (χ1v) is 7.54. The zero-order valence-electron chi connectivity index (χ0n) is 14.3. The second-order valence-electron chi connectivity index (χ2n) is 5.12. The van der Waals surface area contributed by atoms with Gasteiger partial charge in [0.05, 0.1) is 14.2 Å². The molecule has 138 valence electrons. The van der Waals surface area contributed by atoms with E-state index in [1.165, 1.54) is 26.4 Å². The van der Waals surface area contributed by atoms with Crippen molar-refractivity contribution in [1.82, 2.24) is 5.32 Å². The molecule has 0 aliphatic rings. The molecule has 0 aliphatic heterocycles. The summed E-state index contributed by atoms with van der Waals surface area (Å²) in [7, 11) is 2.70. The minimum Gasteiger partial charge on any atom is -0.493 e. The minimum atomic E-state index is -1.12. The van der Waals surface area contributed by atoms with E-state index in [0.717, 1.165) is 0 Å². The number of ether oxygens (including phenoxy) is 3. The number of aliphatic carboxylic acids is 1. The summed E-state index contributed by atoms with van der Waals surface area (Å²) in [5, 5.41) is 11.6. The summed E-state index contributed by atoms with van der Waals surface area (Å²) < 4.78 is 15.6. The highest BCUT2D eigenvalue weighted by Crippen LogP contribution is 2.38. The Bertz CT molecular complexity index is 620. The highest BCUT2D eigenvalue weighted by Gasteiger charge is 2.22. The molecular weight excluding hydrogens is 332 g/mol. The highest BCUT2D eigenvalue weighted by atomic mass is 16.5. The van der Waals surface area contributed by atoms with Gasteiger partial charge in [0.25, 0.3) is 11.8 Å². The van der Waals surface area contributed by atoms with Crippen LogP contribution in [0.15, 0.2) is 12.1 Å². The predicted octanol–water partition coefficient (Wildman–Crippen LogP) is 0.551. The quantitative estimate of drug-likeness (QED) is 0.558. The molecular formula is C16H22N2O7. The van der Waals surface area contributed by atoms with E-state index < -0.39 is 30.4 Å². The molecule has 0 aliphatic carbocycles. The largest absolute Gasteiger partial charge is 0.493 e. The molecule has 9 heteroatoms. The van der Waals surface area contributed by atoms with Crippen molar-refractivity contribution in [2.24, 2.45) is 5.73 Å². The fourth-order valence-corrected chi connectivity index (χ4v) is 2.08. The summed E-state index contributed by atoms with van der Waals surface area (Å²) in [5.74, 6) is -1.99. The Labute approximate surface area is 145 Å². The van der Waals surface area contributed by atoms with E-state index in [0.29, 0.717) is 12.8 Å². The Hall–Kier alpha value is -2.97. The fourth-order valence-electron chi connectivity index (χ4n) is 2.08. The van der Waals surface area contributed by atoms with Crippen molar-refractivity contribution in [3.63, 3.8) is 0 Å². The van der Waals surface area contributed by atoms with E-state index >= 15 is 0 Å². The number of carbonyl (C=O) groups is 3. The molecule has 0 bridgehead atoms. The minimum absolute atomic E-state index is 0.115. The number of benzene rings is 1. The lowest BCUT2D eigenvalue weighted by atomic mass is 10.1. The van der Waals surface area contributed by atoms with E-state index in [2.05, 4.69) is 5.32 Å². The monoisotopic (exact) mass is 354 g/mol. The SMILES string of the molecule is CCCC(NC(=O)c1cc(OC)c(OCC(N)=O)c(OC)c1)C(=O)O. The van der Waals surface area contributed by atoms with Gasteiger partial charge in [-0.1, -0.05) is 13.3 Å². The number of nitrogens with two attached hydrogens (primary N) is 1. The lowest BCUT2D eigenvalue weighted by Gasteiger charge is -2.17. The number of methoxy groups -OCH3 is 2. The van der Waals surface area contributed by atoms with Crippen LogP contribution < -0.4 is 25.3 Å². The normalized spacial score (nSPS) is 11.3. The predicted molar refractivity (Wildman–Crippen MR) is 88.0 cm³/mol. The summed E-state index contributed by atoms with van der Waals surface area (Å²) in [6.45, 7) is 1.43. The summed E-state index contributed by atoms with van der Waals surface area (Å²) in [6, 6.07) is 1.72. The fraction of sp³-hybridized carbons (Fsp3) is 0.438. The molecule has 2 amide bonds. The second-order valence-corrected chi connectivity index (χ2v) is 5.12. The van der Waals surface area contributed by atoms with E-state index in [9.17, 15) is 14.4 Å². The Morgan fingerprint density at radius 2 is 1.76 bits per heavy atom. The Kier molecular flexibility index (Phi) is 7.51. The molecule has 1 aromatic carbocycles. The number of carboxylic acid groups (broad SMARTS) is 1. The molecule has 0 saturated heterocycles. The van der Waals surface area contributed by atoms with Gasteiger partial charge < -0.3 is 30.4 Å². The van der Waals surface area contributed by atoms with Crippen molar-refractivity contribution in [2.45, 2.75) is 25.8 Å². The maximum atomic E-state index is 12.3. The Morgan fingerprint density at radius 1 is 1.20 bits per heavy atom. The van der Waals surface area contributed by atoms with Crippen LogP contribution in [0.5, 0.6) is 17.2 Å². The number of hydrogen-bond donors (Lipinski definition) is 3. The highest BCUT2D eigenvalue weighted by molar-refractivity contribution is 5.97. The number of rotatable bonds is 10. The van der Waals surface area contributed by atoms with Crippen molar-refractivity contribution in [3.8, 4) is 17.2 Å². The van der Waals surface area contributed by atoms with Gasteiger partial charge in [-0.05, 0) is 18.6 Å². The van der Waals surface area contributed by atoms with Gasteiger partial charge in [0.15, 0.2) is 18.1 Å². The van der Waals surface area contributed by atoms with Gasteiger partial charge in [0, 0.05) is 5.56 Å². The molecule has 9 nitrogen and oxygen atoms in total. The van der Waals surface area contributed by atoms with Crippen LogP contribution in [0.1, 0.15) is 30.1 Å². The van der Waals surface area contributed by atoms with Crippen LogP contribution in [0, 0.1) is 0 Å². The molecule has 0 spiro atoms. The van der Waals surface area contributed by atoms with Crippen LogP contribution in [-0.4, -0.2) is 49.8 Å². The van der Waals surface area contributed by atoms with Crippen LogP contribution in [0.4, 0.5) is 0 Å². The molecule has 1 rings (SSSR count). The molecule has 0 aromatic heterocycles. The van der Waals surface area contributed by atoms with Gasteiger partial charge in [0.2, 0.25) is 5.75 Å². The van der Waals surface area contributed by atoms with Crippen LogP contribution in [0.3, 0.4) is 0 Å².